The van der Waals surface area contributed by atoms with Gasteiger partial charge in [-0.2, -0.15) is 0 Å². The molecule has 110 valence electrons. The van der Waals surface area contributed by atoms with E-state index < -0.39 is 10.8 Å². The van der Waals surface area contributed by atoms with Crippen LogP contribution < -0.4 is 9.47 Å². The summed E-state index contributed by atoms with van der Waals surface area (Å²) in [7, 11) is 1.64. The first-order valence-electron chi connectivity index (χ1n) is 6.34. The second-order valence-corrected chi connectivity index (χ2v) is 5.71. The van der Waals surface area contributed by atoms with Gasteiger partial charge in [-0.15, -0.1) is 0 Å². The Morgan fingerprint density at radius 3 is 2.29 bits per heavy atom. The Morgan fingerprint density at radius 1 is 1.00 bits per heavy atom. The van der Waals surface area contributed by atoms with Gasteiger partial charge >= 0.3 is 0 Å². The Labute approximate surface area is 126 Å². The number of para-hydroxylation sites is 1. The Morgan fingerprint density at radius 2 is 1.67 bits per heavy atom. The van der Waals surface area contributed by atoms with Gasteiger partial charge in [-0.1, -0.05) is 12.1 Å². The third-order valence-electron chi connectivity index (χ3n) is 2.99. The predicted molar refractivity (Wildman–Crippen MR) is 81.6 cm³/mol. The van der Waals surface area contributed by atoms with Crippen molar-refractivity contribution in [3.8, 4) is 11.5 Å². The highest BCUT2D eigenvalue weighted by atomic mass is 32.2. The van der Waals surface area contributed by atoms with Gasteiger partial charge in [0, 0.05) is 5.56 Å². The van der Waals surface area contributed by atoms with Crippen molar-refractivity contribution in [3.63, 3.8) is 0 Å². The van der Waals surface area contributed by atoms with Crippen LogP contribution in [0.2, 0.25) is 0 Å². The fraction of sp³-hybridized carbons (Fsp3) is 0.188. The van der Waals surface area contributed by atoms with Gasteiger partial charge in [0.2, 0.25) is 0 Å². The van der Waals surface area contributed by atoms with Crippen molar-refractivity contribution in [2.24, 2.45) is 0 Å². The van der Waals surface area contributed by atoms with Crippen LogP contribution >= 0.6 is 0 Å². The maximum atomic E-state index is 12.3. The van der Waals surface area contributed by atoms with Crippen molar-refractivity contribution in [3.05, 3.63) is 54.1 Å². The van der Waals surface area contributed by atoms with Gasteiger partial charge < -0.3 is 9.47 Å². The molecular weight excluding hydrogens is 288 g/mol. The number of hydrogen-bond donors (Lipinski definition) is 0. The van der Waals surface area contributed by atoms with E-state index in [-0.39, 0.29) is 11.5 Å². The zero-order valence-electron chi connectivity index (χ0n) is 11.9. The van der Waals surface area contributed by atoms with Crippen LogP contribution in [0.25, 0.3) is 0 Å². The van der Waals surface area contributed by atoms with E-state index in [0.717, 1.165) is 0 Å². The summed E-state index contributed by atoms with van der Waals surface area (Å²) >= 11 is 0. The number of Topliss-reactive ketones (excluding diaryl/α,β-unsaturated/α-hetero) is 1. The van der Waals surface area contributed by atoms with Gasteiger partial charge in [0.05, 0.1) is 35.7 Å². The van der Waals surface area contributed by atoms with E-state index in [9.17, 15) is 9.00 Å². The Hall–Kier alpha value is -2.14. The number of ketones is 1. The molecule has 5 heteroatoms. The van der Waals surface area contributed by atoms with E-state index >= 15 is 0 Å². The van der Waals surface area contributed by atoms with Crippen LogP contribution in [0.1, 0.15) is 10.4 Å². The van der Waals surface area contributed by atoms with Crippen LogP contribution in [0.3, 0.4) is 0 Å². The predicted octanol–water partition coefficient (Wildman–Crippen LogP) is 2.69. The van der Waals surface area contributed by atoms with E-state index in [1.807, 2.05) is 0 Å². The van der Waals surface area contributed by atoms with Crippen LogP contribution in [-0.4, -0.2) is 30.0 Å². The summed E-state index contributed by atoms with van der Waals surface area (Å²) < 4.78 is 22.5. The summed E-state index contributed by atoms with van der Waals surface area (Å²) in [4.78, 5) is 12.7. The molecule has 0 aromatic heterocycles. The number of carbonyl (C=O) groups is 1. The van der Waals surface area contributed by atoms with Crippen molar-refractivity contribution in [2.75, 3.05) is 20.0 Å². The average Bonchev–Trinajstić information content (AvgIpc) is 2.54. The molecule has 0 saturated heterocycles. The van der Waals surface area contributed by atoms with E-state index in [2.05, 4.69) is 0 Å². The molecule has 0 spiro atoms. The van der Waals surface area contributed by atoms with Crippen molar-refractivity contribution >= 4 is 16.6 Å². The number of methoxy groups -OCH3 is 2. The van der Waals surface area contributed by atoms with Gasteiger partial charge in [0.25, 0.3) is 0 Å². The van der Waals surface area contributed by atoms with Gasteiger partial charge in [0.15, 0.2) is 5.78 Å². The zero-order valence-corrected chi connectivity index (χ0v) is 12.7. The molecule has 1 unspecified atom stereocenters. The fourth-order valence-corrected chi connectivity index (χ4v) is 3.03. The lowest BCUT2D eigenvalue weighted by atomic mass is 10.1. The molecule has 0 amide bonds. The van der Waals surface area contributed by atoms with E-state index in [1.54, 1.807) is 55.6 Å². The molecule has 2 aromatic carbocycles. The summed E-state index contributed by atoms with van der Waals surface area (Å²) in [5.74, 6) is 0.949. The third kappa shape index (κ3) is 3.70. The van der Waals surface area contributed by atoms with Crippen LogP contribution in [0.5, 0.6) is 11.5 Å². The molecule has 0 radical (unpaired) electrons. The molecule has 0 saturated carbocycles. The molecule has 0 aliphatic heterocycles. The van der Waals surface area contributed by atoms with Gasteiger partial charge in [-0.05, 0) is 36.4 Å². The second kappa shape index (κ2) is 7.04. The monoisotopic (exact) mass is 304 g/mol. The van der Waals surface area contributed by atoms with Crippen molar-refractivity contribution < 1.29 is 18.5 Å². The molecule has 2 aromatic rings. The number of benzene rings is 2. The Bertz CT molecular complexity index is 650. The van der Waals surface area contributed by atoms with Crippen LogP contribution in [0.15, 0.2) is 53.4 Å². The zero-order chi connectivity index (χ0) is 15.2. The first-order chi connectivity index (χ1) is 10.2. The maximum Gasteiger partial charge on any atom is 0.175 e. The molecular formula is C16H16O4S. The number of ether oxygens (including phenoxy) is 2. The first kappa shape index (κ1) is 15.3. The topological polar surface area (TPSA) is 52.6 Å². The van der Waals surface area contributed by atoms with E-state index in [0.29, 0.717) is 22.0 Å². The highest BCUT2D eigenvalue weighted by Gasteiger charge is 2.15. The first-order valence-corrected chi connectivity index (χ1v) is 7.66. The third-order valence-corrected chi connectivity index (χ3v) is 4.34. The minimum atomic E-state index is -1.44. The van der Waals surface area contributed by atoms with Crippen molar-refractivity contribution in [1.29, 1.82) is 0 Å². The summed E-state index contributed by atoms with van der Waals surface area (Å²) in [5, 5.41) is 0. The molecule has 0 fully saturated rings. The van der Waals surface area contributed by atoms with Crippen molar-refractivity contribution in [1.82, 2.24) is 0 Å². The molecule has 0 N–H and O–H groups in total. The number of carbonyl (C=O) groups excluding carboxylic acids is 1. The van der Waals surface area contributed by atoms with Gasteiger partial charge in [-0.25, -0.2) is 0 Å². The molecule has 0 heterocycles. The standard InChI is InChI=1S/C16H16O4S/c1-19-13-9-7-12(8-10-13)14(17)11-21(18)16-6-4-3-5-15(16)20-2/h3-10H,11H2,1-2H3. The molecule has 1 atom stereocenters. The van der Waals surface area contributed by atoms with E-state index in [1.165, 1.54) is 7.11 Å². The highest BCUT2D eigenvalue weighted by molar-refractivity contribution is 7.86. The van der Waals surface area contributed by atoms with E-state index in [4.69, 9.17) is 9.47 Å². The lowest BCUT2D eigenvalue weighted by Crippen LogP contribution is -2.11. The molecule has 2 rings (SSSR count). The summed E-state index contributed by atoms with van der Waals surface area (Å²) in [6, 6.07) is 13.7. The van der Waals surface area contributed by atoms with Crippen molar-refractivity contribution in [2.45, 2.75) is 4.90 Å². The second-order valence-electron chi connectivity index (χ2n) is 4.29. The summed E-state index contributed by atoms with van der Waals surface area (Å²) in [5.41, 5.74) is 0.513. The fourth-order valence-electron chi connectivity index (χ4n) is 1.86. The number of rotatable bonds is 6. The minimum absolute atomic E-state index is 0.0767. The quantitative estimate of drug-likeness (QED) is 0.770. The molecule has 0 aliphatic rings. The normalized spacial score (nSPS) is 11.7. The smallest absolute Gasteiger partial charge is 0.175 e. The molecule has 0 bridgehead atoms. The summed E-state index contributed by atoms with van der Waals surface area (Å²) in [6.45, 7) is 0. The lowest BCUT2D eigenvalue weighted by molar-refractivity contribution is 0.102. The summed E-state index contributed by atoms with van der Waals surface area (Å²) in [6.07, 6.45) is 0. The van der Waals surface area contributed by atoms with Gasteiger partial charge in [0.1, 0.15) is 11.5 Å². The SMILES string of the molecule is COc1ccc(C(=O)CS(=O)c2ccccc2OC)cc1. The molecule has 21 heavy (non-hydrogen) atoms. The Balaban J connectivity index is 2.13. The van der Waals surface area contributed by atoms with Crippen LogP contribution in [0.4, 0.5) is 0 Å². The van der Waals surface area contributed by atoms with Crippen LogP contribution in [-0.2, 0) is 10.8 Å². The van der Waals surface area contributed by atoms with Gasteiger partial charge in [-0.3, -0.25) is 9.00 Å². The largest absolute Gasteiger partial charge is 0.497 e. The Kier molecular flexibility index (Phi) is 5.11. The average molecular weight is 304 g/mol. The minimum Gasteiger partial charge on any atom is -0.497 e. The maximum absolute atomic E-state index is 12.3. The molecule has 0 aliphatic carbocycles. The number of hydrogen-bond acceptors (Lipinski definition) is 4. The molecule has 4 nitrogen and oxygen atoms in total. The highest BCUT2D eigenvalue weighted by Crippen LogP contribution is 2.22. The van der Waals surface area contributed by atoms with Crippen LogP contribution in [0, 0.1) is 0 Å². The lowest BCUT2D eigenvalue weighted by Gasteiger charge is -2.07.